The summed E-state index contributed by atoms with van der Waals surface area (Å²) < 4.78 is 0. The smallest absolute Gasteiger partial charge is 0.244 e. The molecular weight excluding hydrogens is 348 g/mol. The van der Waals surface area contributed by atoms with E-state index in [0.29, 0.717) is 12.0 Å². The van der Waals surface area contributed by atoms with Gasteiger partial charge in [-0.2, -0.15) is 10.1 Å². The van der Waals surface area contributed by atoms with Crippen LogP contribution in [0.5, 0.6) is 0 Å². The second-order valence-electron chi connectivity index (χ2n) is 7.23. The maximum Gasteiger partial charge on any atom is 0.244 e. The second kappa shape index (κ2) is 6.96. The monoisotopic (exact) mass is 370 g/mol. The molecule has 0 saturated carbocycles. The molecule has 0 radical (unpaired) electrons. The number of H-pyrrole nitrogens is 1. The summed E-state index contributed by atoms with van der Waals surface area (Å²) in [6, 6.07) is 17.2. The molecule has 0 spiro atoms. The van der Waals surface area contributed by atoms with Crippen LogP contribution in [0.1, 0.15) is 18.1 Å². The highest BCUT2D eigenvalue weighted by molar-refractivity contribution is 5.83. The lowest BCUT2D eigenvalue weighted by atomic mass is 10.1. The van der Waals surface area contributed by atoms with Crippen molar-refractivity contribution in [2.24, 2.45) is 0 Å². The molecule has 0 aliphatic carbocycles. The molecule has 5 rings (SSSR count). The molecule has 6 nitrogen and oxygen atoms in total. The zero-order chi connectivity index (χ0) is 18.9. The van der Waals surface area contributed by atoms with E-state index in [1.165, 1.54) is 27.7 Å². The molecule has 0 amide bonds. The minimum absolute atomic E-state index is 0.355. The van der Waals surface area contributed by atoms with Gasteiger partial charge in [-0.05, 0) is 43.0 Å². The first-order valence-electron chi connectivity index (χ1n) is 9.65. The highest BCUT2D eigenvalue weighted by Crippen LogP contribution is 2.36. The van der Waals surface area contributed by atoms with Crippen LogP contribution in [0.2, 0.25) is 0 Å². The maximum absolute atomic E-state index is 4.72. The Morgan fingerprint density at radius 2 is 2.00 bits per heavy atom. The number of benzene rings is 2. The predicted octanol–water partition coefficient (Wildman–Crippen LogP) is 4.09. The van der Waals surface area contributed by atoms with Crippen molar-refractivity contribution in [2.45, 2.75) is 25.8 Å². The third-order valence-electron chi connectivity index (χ3n) is 5.35. The van der Waals surface area contributed by atoms with Crippen molar-refractivity contribution in [1.82, 2.24) is 20.2 Å². The van der Waals surface area contributed by atoms with Gasteiger partial charge in [0.25, 0.3) is 0 Å². The average molecular weight is 370 g/mol. The number of nitrogens with zero attached hydrogens (tertiary/aromatic N) is 4. The highest BCUT2D eigenvalue weighted by Gasteiger charge is 2.28. The predicted molar refractivity (Wildman–Crippen MR) is 112 cm³/mol. The number of aromatic amines is 1. The number of para-hydroxylation sites is 2. The number of anilines is 3. The van der Waals surface area contributed by atoms with Gasteiger partial charge >= 0.3 is 0 Å². The van der Waals surface area contributed by atoms with Crippen LogP contribution < -0.4 is 10.2 Å². The van der Waals surface area contributed by atoms with Gasteiger partial charge in [-0.1, -0.05) is 36.4 Å². The lowest BCUT2D eigenvalue weighted by Crippen LogP contribution is -2.25. The molecule has 2 aromatic heterocycles. The third kappa shape index (κ3) is 2.97. The van der Waals surface area contributed by atoms with E-state index in [9.17, 15) is 0 Å². The Labute approximate surface area is 163 Å². The molecule has 2 N–H and O–H groups in total. The Morgan fingerprint density at radius 1 is 1.14 bits per heavy atom. The molecule has 1 unspecified atom stereocenters. The van der Waals surface area contributed by atoms with Crippen molar-refractivity contribution in [3.05, 3.63) is 72.1 Å². The number of nitrogens with one attached hydrogen (secondary N) is 2. The molecule has 0 saturated heterocycles. The van der Waals surface area contributed by atoms with E-state index < -0.39 is 0 Å². The third-order valence-corrected chi connectivity index (χ3v) is 5.35. The zero-order valence-electron chi connectivity index (χ0n) is 15.8. The van der Waals surface area contributed by atoms with Crippen molar-refractivity contribution in [2.75, 3.05) is 16.8 Å². The molecule has 3 heterocycles. The van der Waals surface area contributed by atoms with Gasteiger partial charge in [-0.15, -0.1) is 5.10 Å². The fourth-order valence-corrected chi connectivity index (χ4v) is 4.05. The summed E-state index contributed by atoms with van der Waals surface area (Å²) in [5.41, 5.74) is 5.01. The fraction of sp³-hybridized carbons (Fsp3) is 0.227. The van der Waals surface area contributed by atoms with Gasteiger partial charge < -0.3 is 15.2 Å². The highest BCUT2D eigenvalue weighted by atomic mass is 15.3. The molecule has 0 fully saturated rings. The van der Waals surface area contributed by atoms with Crippen LogP contribution in [-0.2, 0) is 12.8 Å². The molecule has 1 aliphatic heterocycles. The van der Waals surface area contributed by atoms with Crippen LogP contribution >= 0.6 is 0 Å². The summed E-state index contributed by atoms with van der Waals surface area (Å²) in [5, 5.41) is 12.9. The topological polar surface area (TPSA) is 69.7 Å². The Balaban J connectivity index is 1.31. The lowest BCUT2D eigenvalue weighted by molar-refractivity contribution is 0.744. The zero-order valence-corrected chi connectivity index (χ0v) is 15.8. The molecule has 2 aromatic carbocycles. The summed E-state index contributed by atoms with van der Waals surface area (Å²) >= 11 is 0. The summed E-state index contributed by atoms with van der Waals surface area (Å²) in [6.45, 7) is 2.96. The first kappa shape index (κ1) is 16.7. The SMILES string of the molecule is CC1Cc2ccccc2N1c1cnnc(NCCc2c[nH]c3ccccc23)n1. The fourth-order valence-electron chi connectivity index (χ4n) is 4.05. The van der Waals surface area contributed by atoms with Crippen LogP contribution in [0.3, 0.4) is 0 Å². The summed E-state index contributed by atoms with van der Waals surface area (Å²) in [6.07, 6.45) is 5.72. The molecule has 140 valence electrons. The molecule has 6 heteroatoms. The molecule has 28 heavy (non-hydrogen) atoms. The lowest BCUT2D eigenvalue weighted by Gasteiger charge is -2.23. The summed E-state index contributed by atoms with van der Waals surface area (Å²) in [4.78, 5) is 10.3. The molecule has 1 atom stereocenters. The number of hydrogen-bond donors (Lipinski definition) is 2. The average Bonchev–Trinajstić information content (AvgIpc) is 3.28. The van der Waals surface area contributed by atoms with E-state index in [1.807, 2.05) is 6.07 Å². The van der Waals surface area contributed by atoms with Crippen molar-refractivity contribution < 1.29 is 0 Å². The largest absolute Gasteiger partial charge is 0.361 e. The van der Waals surface area contributed by atoms with Crippen LogP contribution in [0.15, 0.2) is 60.9 Å². The standard InChI is InChI=1S/C22H22N6/c1-15-12-16-6-2-5-9-20(16)28(15)21-14-25-27-22(26-21)23-11-10-17-13-24-19-8-4-3-7-18(17)19/h2-9,13-15,24H,10-12H2,1H3,(H,23,26,27). The van der Waals surface area contributed by atoms with Gasteiger partial charge in [0.2, 0.25) is 5.95 Å². The van der Waals surface area contributed by atoms with Gasteiger partial charge in [0.05, 0.1) is 6.20 Å². The van der Waals surface area contributed by atoms with Crippen molar-refractivity contribution in [3.63, 3.8) is 0 Å². The van der Waals surface area contributed by atoms with Crippen LogP contribution in [0.25, 0.3) is 10.9 Å². The number of hydrogen-bond acceptors (Lipinski definition) is 5. The Morgan fingerprint density at radius 3 is 2.96 bits per heavy atom. The molecule has 0 bridgehead atoms. The van der Waals surface area contributed by atoms with Crippen molar-refractivity contribution in [1.29, 1.82) is 0 Å². The van der Waals surface area contributed by atoms with E-state index >= 15 is 0 Å². The van der Waals surface area contributed by atoms with Gasteiger partial charge in [0.1, 0.15) is 0 Å². The van der Waals surface area contributed by atoms with Gasteiger partial charge in [0.15, 0.2) is 5.82 Å². The second-order valence-corrected chi connectivity index (χ2v) is 7.23. The Hall–Kier alpha value is -3.41. The summed E-state index contributed by atoms with van der Waals surface area (Å²) in [7, 11) is 0. The normalized spacial score (nSPS) is 15.8. The Kier molecular flexibility index (Phi) is 4.16. The van der Waals surface area contributed by atoms with E-state index in [0.717, 1.165) is 25.2 Å². The molecule has 4 aromatic rings. The molecule has 1 aliphatic rings. The first-order chi connectivity index (χ1) is 13.8. The quantitative estimate of drug-likeness (QED) is 0.554. The number of rotatable bonds is 5. The van der Waals surface area contributed by atoms with E-state index in [4.69, 9.17) is 4.98 Å². The van der Waals surface area contributed by atoms with Gasteiger partial charge in [-0.3, -0.25) is 0 Å². The van der Waals surface area contributed by atoms with Crippen LogP contribution in [0.4, 0.5) is 17.5 Å². The number of fused-ring (bicyclic) bond motifs is 2. The van der Waals surface area contributed by atoms with E-state index in [2.05, 4.69) is 81.0 Å². The van der Waals surface area contributed by atoms with Crippen molar-refractivity contribution in [3.8, 4) is 0 Å². The van der Waals surface area contributed by atoms with Gasteiger partial charge in [0, 0.05) is 35.4 Å². The minimum atomic E-state index is 0.355. The van der Waals surface area contributed by atoms with Crippen molar-refractivity contribution >= 4 is 28.4 Å². The Bertz CT molecular complexity index is 1120. The number of aromatic nitrogens is 4. The van der Waals surface area contributed by atoms with E-state index in [-0.39, 0.29) is 0 Å². The maximum atomic E-state index is 4.72. The van der Waals surface area contributed by atoms with Gasteiger partial charge in [-0.25, -0.2) is 0 Å². The van der Waals surface area contributed by atoms with E-state index in [1.54, 1.807) is 6.20 Å². The molecular formula is C22H22N6. The van der Waals surface area contributed by atoms with Crippen LogP contribution in [0, 0.1) is 0 Å². The first-order valence-corrected chi connectivity index (χ1v) is 9.65. The summed E-state index contributed by atoms with van der Waals surface area (Å²) in [5.74, 6) is 1.40. The van der Waals surface area contributed by atoms with Crippen LogP contribution in [-0.4, -0.2) is 32.8 Å². The minimum Gasteiger partial charge on any atom is -0.361 e.